The fraction of sp³-hybridized carbons (Fsp3) is 1.00. The number of piperidine rings is 1. The second-order valence-electron chi connectivity index (χ2n) is 8.51. The third-order valence-electron chi connectivity index (χ3n) is 5.94. The van der Waals surface area contributed by atoms with Crippen LogP contribution in [-0.4, -0.2) is 84.8 Å². The van der Waals surface area contributed by atoms with E-state index in [2.05, 4.69) is 42.5 Å². The maximum absolute atomic E-state index is 5.86. The maximum Gasteiger partial charge on any atom is 0.0600 e. The summed E-state index contributed by atoms with van der Waals surface area (Å²) < 4.78 is 5.86. The van der Waals surface area contributed by atoms with Crippen molar-refractivity contribution in [2.75, 3.05) is 46.4 Å². The van der Waals surface area contributed by atoms with Gasteiger partial charge in [-0.1, -0.05) is 0 Å². The van der Waals surface area contributed by atoms with Gasteiger partial charge in [0, 0.05) is 50.8 Å². The number of hydrogen-bond donors (Lipinski definition) is 0. The van der Waals surface area contributed by atoms with Crippen molar-refractivity contribution >= 4 is 0 Å². The fourth-order valence-electron chi connectivity index (χ4n) is 4.51. The standard InChI is InChI=1S/C18H35N3O/c1-18(2,3)22-12-11-20-7-9-21(10-8-20)17-13-15-5-6-16(14-17)19(15)4/h15-17H,5-14H2,1-4H3. The van der Waals surface area contributed by atoms with Crippen LogP contribution in [0.15, 0.2) is 0 Å². The summed E-state index contributed by atoms with van der Waals surface area (Å²) >= 11 is 0. The van der Waals surface area contributed by atoms with Crippen molar-refractivity contribution in [1.82, 2.24) is 14.7 Å². The van der Waals surface area contributed by atoms with Gasteiger partial charge in [-0.3, -0.25) is 9.80 Å². The Kier molecular flexibility index (Phi) is 5.13. The van der Waals surface area contributed by atoms with Crippen molar-refractivity contribution < 1.29 is 4.74 Å². The lowest BCUT2D eigenvalue weighted by molar-refractivity contribution is -0.0223. The SMILES string of the molecule is CN1C2CCC1CC(N1CCN(CCOC(C)(C)C)CC1)C2. The van der Waals surface area contributed by atoms with Gasteiger partial charge in [-0.05, 0) is 53.5 Å². The van der Waals surface area contributed by atoms with Gasteiger partial charge < -0.3 is 9.64 Å². The van der Waals surface area contributed by atoms with Gasteiger partial charge in [0.2, 0.25) is 0 Å². The summed E-state index contributed by atoms with van der Waals surface area (Å²) in [6, 6.07) is 2.57. The largest absolute Gasteiger partial charge is 0.375 e. The summed E-state index contributed by atoms with van der Waals surface area (Å²) in [6.45, 7) is 13.3. The van der Waals surface area contributed by atoms with Crippen molar-refractivity contribution in [2.45, 2.75) is 70.2 Å². The number of hydrogen-bond acceptors (Lipinski definition) is 4. The number of piperazine rings is 1. The minimum atomic E-state index is -0.00474. The zero-order valence-corrected chi connectivity index (χ0v) is 15.1. The van der Waals surface area contributed by atoms with E-state index in [1.165, 1.54) is 51.9 Å². The molecule has 3 heterocycles. The van der Waals surface area contributed by atoms with Gasteiger partial charge >= 0.3 is 0 Å². The number of nitrogens with zero attached hydrogens (tertiary/aromatic N) is 3. The molecule has 2 atom stereocenters. The highest BCUT2D eigenvalue weighted by Crippen LogP contribution is 2.36. The molecule has 0 radical (unpaired) electrons. The first-order valence-corrected chi connectivity index (χ1v) is 9.25. The molecule has 3 saturated heterocycles. The second kappa shape index (κ2) is 6.76. The average molecular weight is 309 g/mol. The van der Waals surface area contributed by atoms with Crippen molar-refractivity contribution in [3.05, 3.63) is 0 Å². The van der Waals surface area contributed by atoms with E-state index in [0.717, 1.165) is 31.3 Å². The molecule has 22 heavy (non-hydrogen) atoms. The van der Waals surface area contributed by atoms with Gasteiger partial charge in [0.05, 0.1) is 12.2 Å². The predicted molar refractivity (Wildman–Crippen MR) is 91.3 cm³/mol. The first-order chi connectivity index (χ1) is 10.4. The number of rotatable bonds is 4. The molecule has 4 heteroatoms. The molecule has 0 aromatic heterocycles. The van der Waals surface area contributed by atoms with Crippen LogP contribution in [0.4, 0.5) is 0 Å². The molecule has 0 saturated carbocycles. The van der Waals surface area contributed by atoms with Crippen LogP contribution in [0.1, 0.15) is 46.5 Å². The summed E-state index contributed by atoms with van der Waals surface area (Å²) in [4.78, 5) is 8.00. The molecule has 0 spiro atoms. The average Bonchev–Trinajstić information content (AvgIpc) is 2.69. The quantitative estimate of drug-likeness (QED) is 0.791. The third kappa shape index (κ3) is 4.02. The molecule has 3 rings (SSSR count). The summed E-state index contributed by atoms with van der Waals surface area (Å²) in [6.07, 6.45) is 5.67. The Morgan fingerprint density at radius 1 is 0.909 bits per heavy atom. The topological polar surface area (TPSA) is 19.0 Å². The van der Waals surface area contributed by atoms with Gasteiger partial charge in [0.1, 0.15) is 0 Å². The van der Waals surface area contributed by atoms with Crippen LogP contribution in [0.25, 0.3) is 0 Å². The van der Waals surface area contributed by atoms with Crippen molar-refractivity contribution in [1.29, 1.82) is 0 Å². The summed E-state index contributed by atoms with van der Waals surface area (Å²) in [5.41, 5.74) is -0.00474. The van der Waals surface area contributed by atoms with Gasteiger partial charge in [-0.2, -0.15) is 0 Å². The van der Waals surface area contributed by atoms with Crippen LogP contribution in [0.3, 0.4) is 0 Å². The molecule has 4 nitrogen and oxygen atoms in total. The van der Waals surface area contributed by atoms with E-state index in [0.29, 0.717) is 0 Å². The molecule has 3 fully saturated rings. The van der Waals surface area contributed by atoms with Crippen molar-refractivity contribution in [2.24, 2.45) is 0 Å². The van der Waals surface area contributed by atoms with Crippen molar-refractivity contribution in [3.63, 3.8) is 0 Å². The molecule has 3 aliphatic rings. The molecular formula is C18H35N3O. The lowest BCUT2D eigenvalue weighted by atomic mass is 9.96. The first kappa shape index (κ1) is 16.7. The van der Waals surface area contributed by atoms with Crippen LogP contribution in [0, 0.1) is 0 Å². The van der Waals surface area contributed by atoms with Crippen LogP contribution in [0.2, 0.25) is 0 Å². The summed E-state index contributed by atoms with van der Waals surface area (Å²) in [7, 11) is 2.34. The third-order valence-corrected chi connectivity index (χ3v) is 5.94. The van der Waals surface area contributed by atoms with Gasteiger partial charge in [-0.25, -0.2) is 0 Å². The molecule has 0 N–H and O–H groups in total. The Hall–Kier alpha value is -0.160. The first-order valence-electron chi connectivity index (χ1n) is 9.25. The molecular weight excluding hydrogens is 274 g/mol. The van der Waals surface area contributed by atoms with Crippen LogP contribution < -0.4 is 0 Å². The van der Waals surface area contributed by atoms with E-state index >= 15 is 0 Å². The molecule has 0 aliphatic carbocycles. The van der Waals surface area contributed by atoms with E-state index in [-0.39, 0.29) is 5.60 Å². The van der Waals surface area contributed by atoms with E-state index < -0.39 is 0 Å². The van der Waals surface area contributed by atoms with Crippen molar-refractivity contribution in [3.8, 4) is 0 Å². The minimum absolute atomic E-state index is 0.00474. The Morgan fingerprint density at radius 2 is 1.50 bits per heavy atom. The number of fused-ring (bicyclic) bond motifs is 2. The van der Waals surface area contributed by atoms with Crippen LogP contribution in [-0.2, 0) is 4.74 Å². The highest BCUT2D eigenvalue weighted by atomic mass is 16.5. The monoisotopic (exact) mass is 309 g/mol. The van der Waals surface area contributed by atoms with E-state index in [1.54, 1.807) is 0 Å². The Bertz CT molecular complexity index is 346. The lowest BCUT2D eigenvalue weighted by Crippen LogP contribution is -2.55. The fourth-order valence-corrected chi connectivity index (χ4v) is 4.51. The second-order valence-corrected chi connectivity index (χ2v) is 8.51. The minimum Gasteiger partial charge on any atom is -0.375 e. The zero-order chi connectivity index (χ0) is 15.7. The van der Waals surface area contributed by atoms with E-state index in [4.69, 9.17) is 4.74 Å². The summed E-state index contributed by atoms with van der Waals surface area (Å²) in [5, 5.41) is 0. The molecule has 2 unspecified atom stereocenters. The smallest absolute Gasteiger partial charge is 0.0600 e. The summed E-state index contributed by atoms with van der Waals surface area (Å²) in [5.74, 6) is 0. The molecule has 2 bridgehead atoms. The molecule has 0 amide bonds. The van der Waals surface area contributed by atoms with Gasteiger partial charge in [0.15, 0.2) is 0 Å². The molecule has 0 aromatic carbocycles. The highest BCUT2D eigenvalue weighted by Gasteiger charge is 2.40. The molecule has 128 valence electrons. The Balaban J connectivity index is 1.39. The lowest BCUT2D eigenvalue weighted by Gasteiger charge is -2.45. The van der Waals surface area contributed by atoms with Gasteiger partial charge in [0.25, 0.3) is 0 Å². The highest BCUT2D eigenvalue weighted by molar-refractivity contribution is 4.97. The zero-order valence-electron chi connectivity index (χ0n) is 15.1. The van der Waals surface area contributed by atoms with Gasteiger partial charge in [-0.15, -0.1) is 0 Å². The predicted octanol–water partition coefficient (Wildman–Crippen LogP) is 2.04. The Morgan fingerprint density at radius 3 is 2.05 bits per heavy atom. The van der Waals surface area contributed by atoms with Crippen LogP contribution >= 0.6 is 0 Å². The Labute approximate surface area is 136 Å². The maximum atomic E-state index is 5.86. The normalized spacial score (nSPS) is 35.2. The van der Waals surface area contributed by atoms with E-state index in [1.807, 2.05) is 0 Å². The van der Waals surface area contributed by atoms with E-state index in [9.17, 15) is 0 Å². The molecule has 3 aliphatic heterocycles. The number of ether oxygens (including phenoxy) is 1. The molecule has 0 aromatic rings. The van der Waals surface area contributed by atoms with Crippen LogP contribution in [0.5, 0.6) is 0 Å².